The van der Waals surface area contributed by atoms with Crippen molar-refractivity contribution in [1.82, 2.24) is 19.1 Å². The van der Waals surface area contributed by atoms with Gasteiger partial charge in [0.2, 0.25) is 5.95 Å². The summed E-state index contributed by atoms with van der Waals surface area (Å²) < 4.78 is 9.69. The Morgan fingerprint density at radius 1 is 1.13 bits per heavy atom. The van der Waals surface area contributed by atoms with Crippen molar-refractivity contribution in [2.45, 2.75) is 82.3 Å². The average Bonchev–Trinajstić information content (AvgIpc) is 3.63. The maximum atomic E-state index is 12.9. The molecule has 3 heterocycles. The van der Waals surface area contributed by atoms with Crippen LogP contribution < -0.4 is 11.3 Å². The molecule has 4 aliphatic rings. The van der Waals surface area contributed by atoms with Crippen molar-refractivity contribution in [3.63, 3.8) is 0 Å². The summed E-state index contributed by atoms with van der Waals surface area (Å²) in [5.41, 5.74) is 8.28. The molecule has 0 amide bonds. The Hall–Kier alpha value is -3.15. The number of nitrogens with two attached hydrogens (primary N) is 1. The van der Waals surface area contributed by atoms with Gasteiger partial charge in [0.1, 0.15) is 6.23 Å². The van der Waals surface area contributed by atoms with E-state index in [9.17, 15) is 25.2 Å². The predicted octanol–water partition coefficient (Wildman–Crippen LogP) is 2.52. The Morgan fingerprint density at radius 3 is 2.64 bits per heavy atom. The van der Waals surface area contributed by atoms with Gasteiger partial charge in [0.25, 0.3) is 0 Å². The van der Waals surface area contributed by atoms with Crippen molar-refractivity contribution < 1.29 is 25.2 Å². The number of fused-ring (bicyclic) bond motifs is 6. The first-order valence-corrected chi connectivity index (χ1v) is 14.0. The van der Waals surface area contributed by atoms with Gasteiger partial charge in [-0.05, 0) is 91.4 Å². The van der Waals surface area contributed by atoms with Crippen LogP contribution in [0.3, 0.4) is 0 Å². The highest BCUT2D eigenvalue weighted by Crippen LogP contribution is 2.63. The standard InChI is InChI=1S/C28H35N5O6/c1-28-7-6-14-15-9-20(35)21(36)10-17(15)19(8-16(14)18(28)3-4-22(28)37)33-26-24(25(38)31-27(33)29)30-12-32(26)23-5-2-13(11-34)39-23/h9-10,12-14,16,18-19,22-23,34-37H,2-8,11H2,1H3,(H2,29,31,38)/t13-,14+,16+,18-,19?,22-,23+,28-/m0/s1. The third-order valence-electron chi connectivity index (χ3n) is 10.4. The van der Waals surface area contributed by atoms with Gasteiger partial charge in [-0.25, -0.2) is 4.98 Å². The molecule has 1 aliphatic heterocycles. The van der Waals surface area contributed by atoms with E-state index in [-0.39, 0.29) is 64.9 Å². The minimum Gasteiger partial charge on any atom is -0.504 e. The third kappa shape index (κ3) is 3.49. The molecule has 8 atom stereocenters. The van der Waals surface area contributed by atoms with E-state index in [2.05, 4.69) is 16.9 Å². The summed E-state index contributed by atoms with van der Waals surface area (Å²) in [6.45, 7) is 2.11. The molecule has 0 spiro atoms. The molecule has 2 aromatic heterocycles. The monoisotopic (exact) mass is 537 g/mol. The zero-order chi connectivity index (χ0) is 27.2. The Balaban J connectivity index is 1.44. The summed E-state index contributed by atoms with van der Waals surface area (Å²) in [6.07, 6.45) is 5.97. The number of anilines is 1. The number of ether oxygens (including phenoxy) is 1. The van der Waals surface area contributed by atoms with Gasteiger partial charge >= 0.3 is 5.56 Å². The molecule has 6 N–H and O–H groups in total. The van der Waals surface area contributed by atoms with Crippen LogP contribution in [0, 0.1) is 17.3 Å². The zero-order valence-electron chi connectivity index (χ0n) is 21.9. The Labute approximate surface area is 224 Å². The molecule has 1 saturated heterocycles. The molecular formula is C28H35N5O6. The van der Waals surface area contributed by atoms with Crippen LogP contribution in [0.1, 0.15) is 81.2 Å². The van der Waals surface area contributed by atoms with Gasteiger partial charge < -0.3 is 30.9 Å². The Bertz CT molecular complexity index is 1520. The van der Waals surface area contributed by atoms with E-state index in [0.29, 0.717) is 24.9 Å². The molecule has 208 valence electrons. The average molecular weight is 538 g/mol. The highest BCUT2D eigenvalue weighted by Gasteiger charge is 2.56. The van der Waals surface area contributed by atoms with Crippen molar-refractivity contribution in [2.75, 3.05) is 12.3 Å². The number of nitrogen functional groups attached to an aromatic ring is 1. The number of nitrogens with zero attached hydrogens (tertiary/aromatic N) is 4. The first-order chi connectivity index (χ1) is 18.7. The topological polar surface area (TPSA) is 169 Å². The van der Waals surface area contributed by atoms with E-state index in [1.165, 1.54) is 0 Å². The number of rotatable bonds is 3. The number of hydrogen-bond donors (Lipinski definition) is 5. The lowest BCUT2D eigenvalue weighted by Crippen LogP contribution is -2.45. The molecule has 11 nitrogen and oxygen atoms in total. The number of hydrogen-bond acceptors (Lipinski definition) is 9. The number of imidazole rings is 1. The summed E-state index contributed by atoms with van der Waals surface area (Å²) in [7, 11) is 0. The Morgan fingerprint density at radius 2 is 1.90 bits per heavy atom. The lowest BCUT2D eigenvalue weighted by molar-refractivity contribution is -0.0263. The van der Waals surface area contributed by atoms with Crippen LogP contribution in [0.5, 0.6) is 11.5 Å². The molecule has 0 bridgehead atoms. The van der Waals surface area contributed by atoms with Crippen molar-refractivity contribution in [1.29, 1.82) is 0 Å². The molecule has 39 heavy (non-hydrogen) atoms. The van der Waals surface area contributed by atoms with Gasteiger partial charge in [0.15, 0.2) is 22.7 Å². The lowest BCUT2D eigenvalue weighted by Gasteiger charge is -2.51. The van der Waals surface area contributed by atoms with E-state index >= 15 is 0 Å². The second-order valence-corrected chi connectivity index (χ2v) is 12.2. The molecule has 7 rings (SSSR count). The highest BCUT2D eigenvalue weighted by molar-refractivity contribution is 5.73. The fourth-order valence-electron chi connectivity index (χ4n) is 8.43. The van der Waals surface area contributed by atoms with E-state index in [1.54, 1.807) is 23.0 Å². The predicted molar refractivity (Wildman–Crippen MR) is 141 cm³/mol. The number of aliphatic hydroxyl groups excluding tert-OH is 2. The highest BCUT2D eigenvalue weighted by atomic mass is 16.5. The van der Waals surface area contributed by atoms with Crippen LogP contribution in [0.2, 0.25) is 0 Å². The first-order valence-electron chi connectivity index (χ1n) is 14.0. The minimum atomic E-state index is -0.527. The van der Waals surface area contributed by atoms with Crippen molar-refractivity contribution in [3.8, 4) is 11.5 Å². The molecule has 2 saturated carbocycles. The van der Waals surface area contributed by atoms with Crippen molar-refractivity contribution in [2.24, 2.45) is 17.3 Å². The van der Waals surface area contributed by atoms with Gasteiger partial charge in [-0.1, -0.05) is 6.92 Å². The molecule has 1 aromatic carbocycles. The maximum Gasteiger partial charge on any atom is 0.302 e. The summed E-state index contributed by atoms with van der Waals surface area (Å²) in [4.78, 5) is 21.5. The van der Waals surface area contributed by atoms with Crippen molar-refractivity contribution >= 4 is 17.1 Å². The van der Waals surface area contributed by atoms with Gasteiger partial charge in [-0.3, -0.25) is 13.9 Å². The van der Waals surface area contributed by atoms with E-state index in [0.717, 1.165) is 36.8 Å². The third-order valence-corrected chi connectivity index (χ3v) is 10.4. The number of phenolic OH excluding ortho intramolecular Hbond substituents is 2. The summed E-state index contributed by atoms with van der Waals surface area (Å²) in [6, 6.07) is 2.89. The van der Waals surface area contributed by atoms with Crippen LogP contribution in [0.25, 0.3) is 11.2 Å². The summed E-state index contributed by atoms with van der Waals surface area (Å²) in [5.74, 6) is 0.325. The molecular weight excluding hydrogens is 502 g/mol. The zero-order valence-corrected chi connectivity index (χ0v) is 21.9. The fraction of sp³-hybridized carbons (Fsp3) is 0.607. The molecule has 3 fully saturated rings. The number of aromatic hydroxyl groups is 2. The largest absolute Gasteiger partial charge is 0.504 e. The number of phenols is 2. The second kappa shape index (κ2) is 8.67. The van der Waals surface area contributed by atoms with E-state index in [4.69, 9.17) is 10.5 Å². The smallest absolute Gasteiger partial charge is 0.302 e. The first kappa shape index (κ1) is 24.9. The van der Waals surface area contributed by atoms with E-state index in [1.807, 2.05) is 4.57 Å². The molecule has 3 aliphatic carbocycles. The second-order valence-electron chi connectivity index (χ2n) is 12.2. The van der Waals surface area contributed by atoms with Gasteiger partial charge in [0.05, 0.1) is 31.2 Å². The van der Waals surface area contributed by atoms with Crippen LogP contribution in [-0.4, -0.2) is 58.3 Å². The fourth-order valence-corrected chi connectivity index (χ4v) is 8.43. The molecule has 3 aromatic rings. The van der Waals surface area contributed by atoms with Crippen LogP contribution in [0.15, 0.2) is 23.3 Å². The van der Waals surface area contributed by atoms with Gasteiger partial charge in [-0.2, -0.15) is 4.98 Å². The molecule has 1 unspecified atom stereocenters. The van der Waals surface area contributed by atoms with Crippen molar-refractivity contribution in [3.05, 3.63) is 39.9 Å². The van der Waals surface area contributed by atoms with Gasteiger partial charge in [-0.15, -0.1) is 0 Å². The Kier molecular flexibility index (Phi) is 5.53. The summed E-state index contributed by atoms with van der Waals surface area (Å²) in [5, 5.41) is 41.7. The number of benzene rings is 1. The van der Waals surface area contributed by atoms with Crippen LogP contribution >= 0.6 is 0 Å². The summed E-state index contributed by atoms with van der Waals surface area (Å²) >= 11 is 0. The lowest BCUT2D eigenvalue weighted by atomic mass is 9.54. The normalized spacial score (nSPS) is 35.6. The van der Waals surface area contributed by atoms with Crippen LogP contribution in [-0.2, 0) is 4.74 Å². The number of aromatic nitrogens is 4. The van der Waals surface area contributed by atoms with Gasteiger partial charge in [0, 0.05) is 0 Å². The minimum absolute atomic E-state index is 0.0398. The quantitative estimate of drug-likeness (QED) is 0.315. The van der Waals surface area contributed by atoms with Crippen LogP contribution in [0.4, 0.5) is 5.95 Å². The maximum absolute atomic E-state index is 12.9. The molecule has 11 heteroatoms. The van der Waals surface area contributed by atoms with E-state index < -0.39 is 17.8 Å². The SMILES string of the molecule is C[C@]12CC[C@@H]3c4cc(O)c(O)cc4C(n4c(N)nc(=O)c5ncn([C@H]6CC[C@@H](CO)O6)c54)C[C@H]3[C@@H]1CC[C@@H]2O. The number of aliphatic hydroxyl groups is 2. The molecule has 0 radical (unpaired) electrons.